The lowest BCUT2D eigenvalue weighted by atomic mass is 10.1. The van der Waals surface area contributed by atoms with Gasteiger partial charge < -0.3 is 14.7 Å². The number of benzene rings is 1. The van der Waals surface area contributed by atoms with Gasteiger partial charge in [-0.3, -0.25) is 4.79 Å². The molecule has 0 spiro atoms. The molecule has 1 aromatic rings. The zero-order valence-corrected chi connectivity index (χ0v) is 9.43. The second-order valence-electron chi connectivity index (χ2n) is 4.03. The van der Waals surface area contributed by atoms with Gasteiger partial charge in [0.25, 0.3) is 5.91 Å². The summed E-state index contributed by atoms with van der Waals surface area (Å²) >= 11 is 0. The monoisotopic (exact) mass is 221 g/mol. The van der Waals surface area contributed by atoms with E-state index in [2.05, 4.69) is 0 Å². The van der Waals surface area contributed by atoms with Crippen molar-refractivity contribution >= 4 is 5.91 Å². The van der Waals surface area contributed by atoms with Crippen LogP contribution in [-0.2, 0) is 0 Å². The van der Waals surface area contributed by atoms with Crippen molar-refractivity contribution in [2.75, 3.05) is 14.2 Å². The summed E-state index contributed by atoms with van der Waals surface area (Å²) in [5.74, 6) is 0.419. The molecule has 16 heavy (non-hydrogen) atoms. The number of hydrogen-bond acceptors (Lipinski definition) is 3. The van der Waals surface area contributed by atoms with Crippen molar-refractivity contribution in [2.24, 2.45) is 0 Å². The smallest absolute Gasteiger partial charge is 0.257 e. The minimum Gasteiger partial charge on any atom is -0.507 e. The fraction of sp³-hybridized carbons (Fsp3) is 0.417. The maximum atomic E-state index is 12.0. The van der Waals surface area contributed by atoms with Crippen molar-refractivity contribution in [3.05, 3.63) is 23.8 Å². The maximum absolute atomic E-state index is 12.0. The van der Waals surface area contributed by atoms with Crippen LogP contribution in [0, 0.1) is 0 Å². The second-order valence-corrected chi connectivity index (χ2v) is 4.03. The van der Waals surface area contributed by atoms with Gasteiger partial charge in [0.15, 0.2) is 0 Å². The zero-order valence-electron chi connectivity index (χ0n) is 9.43. The minimum atomic E-state index is -0.154. The highest BCUT2D eigenvalue weighted by molar-refractivity contribution is 5.97. The molecule has 1 aliphatic carbocycles. The lowest BCUT2D eigenvalue weighted by Gasteiger charge is -2.17. The average Bonchev–Trinajstić information content (AvgIpc) is 3.12. The SMILES string of the molecule is COc1ccc(O)c(C(=O)N(C)C2CC2)c1. The molecule has 0 radical (unpaired) electrons. The highest BCUT2D eigenvalue weighted by atomic mass is 16.5. The number of carbonyl (C=O) groups is 1. The van der Waals surface area contributed by atoms with E-state index < -0.39 is 0 Å². The minimum absolute atomic E-state index is 0.00157. The molecule has 1 aromatic carbocycles. The Balaban J connectivity index is 2.27. The summed E-state index contributed by atoms with van der Waals surface area (Å²) in [5.41, 5.74) is 0.300. The number of rotatable bonds is 3. The van der Waals surface area contributed by atoms with Gasteiger partial charge in [-0.25, -0.2) is 0 Å². The molecule has 0 bridgehead atoms. The van der Waals surface area contributed by atoms with Gasteiger partial charge in [-0.2, -0.15) is 0 Å². The van der Waals surface area contributed by atoms with Crippen LogP contribution in [0.3, 0.4) is 0 Å². The second kappa shape index (κ2) is 4.04. The number of amides is 1. The number of methoxy groups -OCH3 is 1. The zero-order chi connectivity index (χ0) is 11.7. The van der Waals surface area contributed by atoms with Crippen LogP contribution in [0.2, 0.25) is 0 Å². The van der Waals surface area contributed by atoms with Crippen molar-refractivity contribution < 1.29 is 14.6 Å². The molecular formula is C12H15NO3. The number of nitrogens with zero attached hydrogens (tertiary/aromatic N) is 1. The first-order valence-corrected chi connectivity index (χ1v) is 5.27. The summed E-state index contributed by atoms with van der Waals surface area (Å²) < 4.78 is 5.03. The Morgan fingerprint density at radius 2 is 2.19 bits per heavy atom. The molecule has 0 aromatic heterocycles. The van der Waals surface area contributed by atoms with Gasteiger partial charge in [-0.15, -0.1) is 0 Å². The topological polar surface area (TPSA) is 49.8 Å². The van der Waals surface area contributed by atoms with Gasteiger partial charge in [0.2, 0.25) is 0 Å². The highest BCUT2D eigenvalue weighted by Gasteiger charge is 2.31. The van der Waals surface area contributed by atoms with Crippen molar-refractivity contribution in [2.45, 2.75) is 18.9 Å². The third-order valence-corrected chi connectivity index (χ3v) is 2.85. The van der Waals surface area contributed by atoms with Crippen molar-refractivity contribution in [3.8, 4) is 11.5 Å². The fourth-order valence-electron chi connectivity index (χ4n) is 1.63. The third-order valence-electron chi connectivity index (χ3n) is 2.85. The largest absolute Gasteiger partial charge is 0.507 e. The summed E-state index contributed by atoms with van der Waals surface area (Å²) in [6.07, 6.45) is 2.10. The summed E-state index contributed by atoms with van der Waals surface area (Å²) in [6.45, 7) is 0. The predicted octanol–water partition coefficient (Wildman–Crippen LogP) is 1.64. The first kappa shape index (κ1) is 10.8. The molecule has 0 saturated heterocycles. The average molecular weight is 221 g/mol. The fourth-order valence-corrected chi connectivity index (χ4v) is 1.63. The van der Waals surface area contributed by atoms with Crippen molar-refractivity contribution in [1.29, 1.82) is 0 Å². The summed E-state index contributed by atoms with van der Waals surface area (Å²) in [7, 11) is 3.30. The molecule has 0 atom stereocenters. The van der Waals surface area contributed by atoms with E-state index in [9.17, 15) is 9.90 Å². The van der Waals surface area contributed by atoms with E-state index in [1.54, 1.807) is 24.1 Å². The Morgan fingerprint density at radius 3 is 2.75 bits per heavy atom. The van der Waals surface area contributed by atoms with E-state index in [4.69, 9.17) is 4.74 Å². The number of aromatic hydroxyl groups is 1. The number of carbonyl (C=O) groups excluding carboxylic acids is 1. The molecule has 0 aliphatic heterocycles. The molecule has 2 rings (SSSR count). The molecule has 1 fully saturated rings. The van der Waals surface area contributed by atoms with Crippen LogP contribution in [0.4, 0.5) is 0 Å². The highest BCUT2D eigenvalue weighted by Crippen LogP contribution is 2.30. The van der Waals surface area contributed by atoms with Crippen LogP contribution in [0.5, 0.6) is 11.5 Å². The third kappa shape index (κ3) is 1.96. The van der Waals surface area contributed by atoms with Crippen LogP contribution < -0.4 is 4.74 Å². The summed E-state index contributed by atoms with van der Waals surface area (Å²) in [4.78, 5) is 13.7. The molecule has 1 N–H and O–H groups in total. The molecule has 4 nitrogen and oxygen atoms in total. The van der Waals surface area contributed by atoms with Crippen LogP contribution >= 0.6 is 0 Å². The van der Waals surface area contributed by atoms with Gasteiger partial charge >= 0.3 is 0 Å². The summed E-state index contributed by atoms with van der Waals surface area (Å²) in [6, 6.07) is 5.00. The van der Waals surface area contributed by atoms with E-state index in [1.807, 2.05) is 0 Å². The van der Waals surface area contributed by atoms with Gasteiger partial charge in [-0.1, -0.05) is 0 Å². The normalized spacial score (nSPS) is 14.6. The van der Waals surface area contributed by atoms with Gasteiger partial charge in [0.1, 0.15) is 11.5 Å². The van der Waals surface area contributed by atoms with Crippen molar-refractivity contribution in [1.82, 2.24) is 4.90 Å². The van der Waals surface area contributed by atoms with Gasteiger partial charge in [0.05, 0.1) is 12.7 Å². The van der Waals surface area contributed by atoms with E-state index in [1.165, 1.54) is 13.2 Å². The number of phenolic OH excluding ortho intramolecular Hbond substituents is 1. The molecule has 1 amide bonds. The maximum Gasteiger partial charge on any atom is 0.257 e. The van der Waals surface area contributed by atoms with Gasteiger partial charge in [0, 0.05) is 13.1 Å². The predicted molar refractivity (Wildman–Crippen MR) is 59.8 cm³/mol. The molecule has 0 heterocycles. The van der Waals surface area contributed by atoms with Crippen LogP contribution in [0.15, 0.2) is 18.2 Å². The summed E-state index contributed by atoms with van der Waals surface area (Å²) in [5, 5.41) is 9.65. The Morgan fingerprint density at radius 1 is 1.50 bits per heavy atom. The Bertz CT molecular complexity index is 413. The number of hydrogen-bond donors (Lipinski definition) is 1. The number of ether oxygens (including phenoxy) is 1. The Kier molecular flexibility index (Phi) is 2.73. The van der Waals surface area contributed by atoms with E-state index in [-0.39, 0.29) is 11.7 Å². The molecule has 0 unspecified atom stereocenters. The molecular weight excluding hydrogens is 206 g/mol. The van der Waals surface area contributed by atoms with Crippen LogP contribution in [0.1, 0.15) is 23.2 Å². The standard InChI is InChI=1S/C12H15NO3/c1-13(8-3-4-8)12(15)10-7-9(16-2)5-6-11(10)14/h5-8,14H,3-4H2,1-2H3. The van der Waals surface area contributed by atoms with E-state index >= 15 is 0 Å². The molecule has 86 valence electrons. The Hall–Kier alpha value is -1.71. The lowest BCUT2D eigenvalue weighted by molar-refractivity contribution is 0.0781. The quantitative estimate of drug-likeness (QED) is 0.844. The molecule has 4 heteroatoms. The molecule has 1 aliphatic rings. The van der Waals surface area contributed by atoms with E-state index in [0.717, 1.165) is 12.8 Å². The van der Waals surface area contributed by atoms with Crippen LogP contribution in [-0.4, -0.2) is 36.1 Å². The first-order valence-electron chi connectivity index (χ1n) is 5.27. The lowest BCUT2D eigenvalue weighted by Crippen LogP contribution is -2.28. The first-order chi connectivity index (χ1) is 7.63. The van der Waals surface area contributed by atoms with Gasteiger partial charge in [-0.05, 0) is 31.0 Å². The van der Waals surface area contributed by atoms with Crippen LogP contribution in [0.25, 0.3) is 0 Å². The Labute approximate surface area is 94.4 Å². The number of phenols is 1. The van der Waals surface area contributed by atoms with E-state index in [0.29, 0.717) is 17.4 Å². The van der Waals surface area contributed by atoms with Crippen molar-refractivity contribution in [3.63, 3.8) is 0 Å². The molecule has 1 saturated carbocycles.